The maximum absolute atomic E-state index is 10.2. The monoisotopic (exact) mass is 224 g/mol. The SMILES string of the molecule is Cn1cnc(CNCC2(O)CCCCC2)n1. The van der Waals surface area contributed by atoms with Crippen molar-refractivity contribution in [3.8, 4) is 0 Å². The van der Waals surface area contributed by atoms with Crippen molar-refractivity contribution in [2.45, 2.75) is 44.2 Å². The highest BCUT2D eigenvalue weighted by atomic mass is 16.3. The molecule has 1 aliphatic carbocycles. The Hall–Kier alpha value is -0.940. The van der Waals surface area contributed by atoms with E-state index in [9.17, 15) is 5.11 Å². The summed E-state index contributed by atoms with van der Waals surface area (Å²) in [6, 6.07) is 0. The van der Waals surface area contributed by atoms with Crippen molar-refractivity contribution in [2.75, 3.05) is 6.54 Å². The van der Waals surface area contributed by atoms with Gasteiger partial charge in [-0.1, -0.05) is 19.3 Å². The fourth-order valence-electron chi connectivity index (χ4n) is 2.26. The Balaban J connectivity index is 1.74. The van der Waals surface area contributed by atoms with Crippen LogP contribution in [0.25, 0.3) is 0 Å². The van der Waals surface area contributed by atoms with E-state index < -0.39 is 5.60 Å². The molecule has 1 aromatic rings. The first-order valence-corrected chi connectivity index (χ1v) is 5.96. The summed E-state index contributed by atoms with van der Waals surface area (Å²) in [5.41, 5.74) is -0.507. The van der Waals surface area contributed by atoms with Crippen molar-refractivity contribution in [2.24, 2.45) is 7.05 Å². The molecular weight excluding hydrogens is 204 g/mol. The molecule has 0 saturated heterocycles. The van der Waals surface area contributed by atoms with Gasteiger partial charge in [0.05, 0.1) is 12.1 Å². The summed E-state index contributed by atoms with van der Waals surface area (Å²) in [5, 5.41) is 17.7. The summed E-state index contributed by atoms with van der Waals surface area (Å²) in [6.07, 6.45) is 7.04. The minimum atomic E-state index is -0.507. The fraction of sp³-hybridized carbons (Fsp3) is 0.818. The molecule has 0 atom stereocenters. The van der Waals surface area contributed by atoms with Crippen LogP contribution in [0.3, 0.4) is 0 Å². The molecule has 1 aliphatic rings. The first-order chi connectivity index (χ1) is 7.68. The van der Waals surface area contributed by atoms with Crippen LogP contribution in [-0.2, 0) is 13.6 Å². The van der Waals surface area contributed by atoms with E-state index in [1.54, 1.807) is 11.0 Å². The topological polar surface area (TPSA) is 63.0 Å². The third kappa shape index (κ3) is 3.02. The summed E-state index contributed by atoms with van der Waals surface area (Å²) < 4.78 is 1.69. The molecule has 1 aromatic heterocycles. The number of aryl methyl sites for hydroxylation is 1. The zero-order valence-corrected chi connectivity index (χ0v) is 9.82. The maximum atomic E-state index is 10.2. The van der Waals surface area contributed by atoms with Crippen LogP contribution in [0.2, 0.25) is 0 Å². The summed E-state index contributed by atoms with van der Waals surface area (Å²) in [4.78, 5) is 4.13. The van der Waals surface area contributed by atoms with E-state index in [-0.39, 0.29) is 0 Å². The molecule has 0 aliphatic heterocycles. The molecule has 0 spiro atoms. The molecule has 1 heterocycles. The van der Waals surface area contributed by atoms with E-state index in [1.165, 1.54) is 6.42 Å². The van der Waals surface area contributed by atoms with Gasteiger partial charge in [-0.15, -0.1) is 0 Å². The van der Waals surface area contributed by atoms with Gasteiger partial charge in [-0.3, -0.25) is 4.68 Å². The largest absolute Gasteiger partial charge is 0.389 e. The molecule has 0 aromatic carbocycles. The lowest BCUT2D eigenvalue weighted by molar-refractivity contribution is 0.00456. The lowest BCUT2D eigenvalue weighted by Crippen LogP contribution is -2.42. The van der Waals surface area contributed by atoms with E-state index in [0.29, 0.717) is 13.1 Å². The van der Waals surface area contributed by atoms with Crippen LogP contribution in [0.15, 0.2) is 6.33 Å². The predicted molar refractivity (Wildman–Crippen MR) is 60.7 cm³/mol. The third-order valence-corrected chi connectivity index (χ3v) is 3.17. The highest BCUT2D eigenvalue weighted by Gasteiger charge is 2.28. The number of aliphatic hydroxyl groups is 1. The molecule has 1 fully saturated rings. The summed E-state index contributed by atoms with van der Waals surface area (Å²) in [7, 11) is 1.85. The summed E-state index contributed by atoms with van der Waals surface area (Å²) in [6.45, 7) is 1.27. The van der Waals surface area contributed by atoms with Crippen molar-refractivity contribution in [3.63, 3.8) is 0 Å². The molecule has 2 N–H and O–H groups in total. The maximum Gasteiger partial charge on any atom is 0.164 e. The number of aromatic nitrogens is 3. The minimum absolute atomic E-state index is 0.507. The van der Waals surface area contributed by atoms with E-state index >= 15 is 0 Å². The highest BCUT2D eigenvalue weighted by Crippen LogP contribution is 2.27. The standard InChI is InChI=1S/C11H20N4O/c1-15-9-13-10(14-15)7-12-8-11(16)5-3-2-4-6-11/h9,12,16H,2-8H2,1H3. The van der Waals surface area contributed by atoms with Gasteiger partial charge < -0.3 is 10.4 Å². The highest BCUT2D eigenvalue weighted by molar-refractivity contribution is 4.86. The Morgan fingerprint density at radius 3 is 2.81 bits per heavy atom. The van der Waals surface area contributed by atoms with E-state index in [0.717, 1.165) is 31.5 Å². The van der Waals surface area contributed by atoms with Crippen molar-refractivity contribution in [1.82, 2.24) is 20.1 Å². The van der Waals surface area contributed by atoms with Gasteiger partial charge in [-0.25, -0.2) is 4.98 Å². The zero-order valence-electron chi connectivity index (χ0n) is 9.82. The Kier molecular flexibility index (Phi) is 3.56. The molecule has 0 amide bonds. The lowest BCUT2D eigenvalue weighted by atomic mass is 9.85. The van der Waals surface area contributed by atoms with Crippen molar-refractivity contribution >= 4 is 0 Å². The number of hydrogen-bond donors (Lipinski definition) is 2. The zero-order chi connectivity index (χ0) is 11.4. The van der Waals surface area contributed by atoms with Crippen molar-refractivity contribution in [3.05, 3.63) is 12.2 Å². The van der Waals surface area contributed by atoms with Gasteiger partial charge in [0, 0.05) is 13.6 Å². The van der Waals surface area contributed by atoms with Gasteiger partial charge in [-0.2, -0.15) is 5.10 Å². The second kappa shape index (κ2) is 4.93. The first kappa shape index (κ1) is 11.5. The average Bonchev–Trinajstić information content (AvgIpc) is 2.65. The number of nitrogens with zero attached hydrogens (tertiary/aromatic N) is 3. The lowest BCUT2D eigenvalue weighted by Gasteiger charge is -2.32. The Morgan fingerprint density at radius 1 is 1.44 bits per heavy atom. The molecule has 0 bridgehead atoms. The van der Waals surface area contributed by atoms with Gasteiger partial charge in [0.25, 0.3) is 0 Å². The second-order valence-corrected chi connectivity index (χ2v) is 4.72. The molecule has 5 nitrogen and oxygen atoms in total. The molecule has 1 saturated carbocycles. The van der Waals surface area contributed by atoms with E-state index in [2.05, 4.69) is 15.4 Å². The molecule has 5 heteroatoms. The third-order valence-electron chi connectivity index (χ3n) is 3.17. The number of nitrogens with one attached hydrogen (secondary N) is 1. The summed E-state index contributed by atoms with van der Waals surface area (Å²) in [5.74, 6) is 0.780. The number of hydrogen-bond acceptors (Lipinski definition) is 4. The van der Waals surface area contributed by atoms with Gasteiger partial charge in [0.2, 0.25) is 0 Å². The number of rotatable bonds is 4. The molecule has 2 rings (SSSR count). The molecule has 0 radical (unpaired) electrons. The smallest absolute Gasteiger partial charge is 0.164 e. The first-order valence-electron chi connectivity index (χ1n) is 5.96. The predicted octanol–water partition coefficient (Wildman–Crippen LogP) is 0.600. The van der Waals surface area contributed by atoms with Gasteiger partial charge in [0.1, 0.15) is 6.33 Å². The second-order valence-electron chi connectivity index (χ2n) is 4.72. The Bertz CT molecular complexity index is 330. The van der Waals surface area contributed by atoms with Gasteiger partial charge in [0.15, 0.2) is 5.82 Å². The Morgan fingerprint density at radius 2 is 2.19 bits per heavy atom. The summed E-state index contributed by atoms with van der Waals surface area (Å²) >= 11 is 0. The molecule has 0 unspecified atom stereocenters. The average molecular weight is 224 g/mol. The van der Waals surface area contributed by atoms with Crippen LogP contribution < -0.4 is 5.32 Å². The van der Waals surface area contributed by atoms with Crippen LogP contribution in [0, 0.1) is 0 Å². The van der Waals surface area contributed by atoms with Crippen molar-refractivity contribution in [1.29, 1.82) is 0 Å². The molecular formula is C11H20N4O. The molecule has 16 heavy (non-hydrogen) atoms. The van der Waals surface area contributed by atoms with E-state index in [4.69, 9.17) is 0 Å². The van der Waals surface area contributed by atoms with Crippen LogP contribution in [0.5, 0.6) is 0 Å². The van der Waals surface area contributed by atoms with Crippen LogP contribution in [-0.4, -0.2) is 32.0 Å². The minimum Gasteiger partial charge on any atom is -0.389 e. The quantitative estimate of drug-likeness (QED) is 0.786. The van der Waals surface area contributed by atoms with Crippen LogP contribution in [0.4, 0.5) is 0 Å². The van der Waals surface area contributed by atoms with E-state index in [1.807, 2.05) is 7.05 Å². The Labute approximate surface area is 95.9 Å². The fourth-order valence-corrected chi connectivity index (χ4v) is 2.26. The van der Waals surface area contributed by atoms with Crippen LogP contribution in [0.1, 0.15) is 37.9 Å². The normalized spacial score (nSPS) is 19.9. The van der Waals surface area contributed by atoms with Crippen LogP contribution >= 0.6 is 0 Å². The van der Waals surface area contributed by atoms with Gasteiger partial charge >= 0.3 is 0 Å². The van der Waals surface area contributed by atoms with Gasteiger partial charge in [-0.05, 0) is 12.8 Å². The van der Waals surface area contributed by atoms with Crippen molar-refractivity contribution < 1.29 is 5.11 Å². The molecule has 90 valence electrons.